The van der Waals surface area contributed by atoms with Crippen molar-refractivity contribution in [3.63, 3.8) is 0 Å². The van der Waals surface area contributed by atoms with Crippen molar-refractivity contribution in [2.45, 2.75) is 25.4 Å². The Labute approximate surface area is 139 Å². The Hall–Kier alpha value is -1.96. The second-order valence-corrected chi connectivity index (χ2v) is 7.13. The van der Waals surface area contributed by atoms with Crippen molar-refractivity contribution in [2.24, 2.45) is 11.8 Å². The number of furan rings is 1. The summed E-state index contributed by atoms with van der Waals surface area (Å²) in [5.74, 6) is 8.53. The summed E-state index contributed by atoms with van der Waals surface area (Å²) in [5, 5.41) is 8.56. The van der Waals surface area contributed by atoms with E-state index >= 15 is 0 Å². The number of hydrogen-bond acceptors (Lipinski definition) is 6. The maximum absolute atomic E-state index is 12.4. The summed E-state index contributed by atoms with van der Waals surface area (Å²) >= 11 is 1.30. The summed E-state index contributed by atoms with van der Waals surface area (Å²) in [7, 11) is 0. The number of aromatic nitrogens is 3. The van der Waals surface area contributed by atoms with E-state index in [-0.39, 0.29) is 5.91 Å². The van der Waals surface area contributed by atoms with Gasteiger partial charge in [-0.2, -0.15) is 0 Å². The van der Waals surface area contributed by atoms with E-state index in [1.165, 1.54) is 22.9 Å². The fraction of sp³-hybridized carbons (Fsp3) is 0.533. The van der Waals surface area contributed by atoms with E-state index in [0.29, 0.717) is 34.3 Å². The van der Waals surface area contributed by atoms with Crippen molar-refractivity contribution in [2.75, 3.05) is 24.7 Å². The van der Waals surface area contributed by atoms with Gasteiger partial charge in [0.2, 0.25) is 16.9 Å². The third-order valence-electron chi connectivity index (χ3n) is 3.95. The van der Waals surface area contributed by atoms with Crippen LogP contribution in [-0.4, -0.2) is 44.5 Å². The highest BCUT2D eigenvalue weighted by Crippen LogP contribution is 2.24. The molecule has 0 aliphatic carbocycles. The second kappa shape index (κ2) is 6.66. The predicted octanol–water partition coefficient (Wildman–Crippen LogP) is 1.85. The average Bonchev–Trinajstić information content (AvgIpc) is 3.13. The first-order valence-corrected chi connectivity index (χ1v) is 8.68. The molecule has 1 amide bonds. The van der Waals surface area contributed by atoms with Crippen LogP contribution in [0.4, 0.5) is 0 Å². The third kappa shape index (κ3) is 3.52. The molecule has 0 unspecified atom stereocenters. The van der Waals surface area contributed by atoms with E-state index in [1.807, 2.05) is 4.90 Å². The molecule has 0 saturated carbocycles. The van der Waals surface area contributed by atoms with Gasteiger partial charge in [0.1, 0.15) is 0 Å². The topological polar surface area (TPSA) is 90.2 Å². The molecule has 1 aliphatic rings. The summed E-state index contributed by atoms with van der Waals surface area (Å²) in [6, 6.07) is 3.53. The van der Waals surface area contributed by atoms with Gasteiger partial charge in [0.05, 0.1) is 12.0 Å². The van der Waals surface area contributed by atoms with Gasteiger partial charge in [-0.25, -0.2) is 4.68 Å². The molecule has 0 spiro atoms. The zero-order valence-corrected chi connectivity index (χ0v) is 14.1. The lowest BCUT2D eigenvalue weighted by Crippen LogP contribution is -2.43. The van der Waals surface area contributed by atoms with Crippen molar-refractivity contribution in [3.05, 3.63) is 18.4 Å². The van der Waals surface area contributed by atoms with Crippen molar-refractivity contribution in [1.82, 2.24) is 19.8 Å². The summed E-state index contributed by atoms with van der Waals surface area (Å²) < 4.78 is 6.63. The highest BCUT2D eigenvalue weighted by molar-refractivity contribution is 7.99. The number of amides is 1. The van der Waals surface area contributed by atoms with Crippen LogP contribution in [0.15, 0.2) is 28.0 Å². The van der Waals surface area contributed by atoms with Crippen LogP contribution >= 0.6 is 11.8 Å². The Balaban J connectivity index is 1.61. The molecule has 8 heteroatoms. The van der Waals surface area contributed by atoms with Gasteiger partial charge in [0, 0.05) is 13.1 Å². The Bertz CT molecular complexity index is 659. The molecule has 2 atom stereocenters. The fourth-order valence-electron chi connectivity index (χ4n) is 3.03. The Kier molecular flexibility index (Phi) is 4.61. The molecule has 3 rings (SSSR count). The average molecular weight is 335 g/mol. The summed E-state index contributed by atoms with van der Waals surface area (Å²) in [6.45, 7) is 6.04. The SMILES string of the molecule is C[C@H]1C[C@H](C)CN(C(=O)CSc2nnc(-c3ccco3)n2N)C1. The monoisotopic (exact) mass is 335 g/mol. The molecule has 1 aliphatic heterocycles. The number of likely N-dealkylation sites (tertiary alicyclic amines) is 1. The minimum atomic E-state index is 0.121. The first-order chi connectivity index (χ1) is 11.0. The van der Waals surface area contributed by atoms with Crippen LogP contribution in [-0.2, 0) is 4.79 Å². The maximum atomic E-state index is 12.4. The molecule has 3 heterocycles. The number of nitrogens with two attached hydrogens (primary N) is 1. The molecule has 2 aromatic heterocycles. The first kappa shape index (κ1) is 15.9. The molecular formula is C15H21N5O2S. The zero-order valence-electron chi connectivity index (χ0n) is 13.3. The van der Waals surface area contributed by atoms with Crippen LogP contribution in [0.5, 0.6) is 0 Å². The van der Waals surface area contributed by atoms with Crippen LogP contribution in [0.2, 0.25) is 0 Å². The zero-order chi connectivity index (χ0) is 16.4. The van der Waals surface area contributed by atoms with Gasteiger partial charge in [-0.15, -0.1) is 10.2 Å². The highest BCUT2D eigenvalue weighted by atomic mass is 32.2. The normalized spacial score (nSPS) is 21.6. The number of nitrogens with zero attached hydrogens (tertiary/aromatic N) is 4. The molecule has 2 aromatic rings. The Morgan fingerprint density at radius 3 is 2.78 bits per heavy atom. The fourth-order valence-corrected chi connectivity index (χ4v) is 3.79. The molecule has 124 valence electrons. The molecule has 7 nitrogen and oxygen atoms in total. The van der Waals surface area contributed by atoms with Gasteiger partial charge < -0.3 is 15.2 Å². The predicted molar refractivity (Wildman–Crippen MR) is 88.1 cm³/mol. The van der Waals surface area contributed by atoms with Gasteiger partial charge in [0.25, 0.3) is 0 Å². The first-order valence-electron chi connectivity index (χ1n) is 7.69. The molecule has 1 saturated heterocycles. The smallest absolute Gasteiger partial charge is 0.233 e. The number of carbonyl (C=O) groups is 1. The largest absolute Gasteiger partial charge is 0.461 e. The molecule has 1 fully saturated rings. The minimum absolute atomic E-state index is 0.121. The van der Waals surface area contributed by atoms with Gasteiger partial charge in [-0.05, 0) is 30.4 Å². The third-order valence-corrected chi connectivity index (χ3v) is 4.88. The summed E-state index contributed by atoms with van der Waals surface area (Å²) in [5.41, 5.74) is 0. The van der Waals surface area contributed by atoms with E-state index in [2.05, 4.69) is 24.0 Å². The molecule has 0 aromatic carbocycles. The summed E-state index contributed by atoms with van der Waals surface area (Å²) in [6.07, 6.45) is 2.74. The number of piperidine rings is 1. The van der Waals surface area contributed by atoms with Crippen molar-refractivity contribution < 1.29 is 9.21 Å². The van der Waals surface area contributed by atoms with E-state index in [4.69, 9.17) is 10.3 Å². The van der Waals surface area contributed by atoms with Gasteiger partial charge in [-0.1, -0.05) is 25.6 Å². The molecule has 23 heavy (non-hydrogen) atoms. The van der Waals surface area contributed by atoms with Crippen LogP contribution in [0.3, 0.4) is 0 Å². The van der Waals surface area contributed by atoms with E-state index in [1.54, 1.807) is 18.4 Å². The number of nitrogen functional groups attached to an aromatic ring is 1. The van der Waals surface area contributed by atoms with Gasteiger partial charge >= 0.3 is 0 Å². The van der Waals surface area contributed by atoms with Crippen LogP contribution in [0, 0.1) is 11.8 Å². The number of thioether (sulfide) groups is 1. The maximum Gasteiger partial charge on any atom is 0.233 e. The summed E-state index contributed by atoms with van der Waals surface area (Å²) in [4.78, 5) is 14.3. The Morgan fingerprint density at radius 2 is 2.13 bits per heavy atom. The van der Waals surface area contributed by atoms with E-state index in [9.17, 15) is 4.79 Å². The van der Waals surface area contributed by atoms with Crippen molar-refractivity contribution in [1.29, 1.82) is 0 Å². The van der Waals surface area contributed by atoms with Gasteiger partial charge in [-0.3, -0.25) is 4.79 Å². The number of carbonyl (C=O) groups excluding carboxylic acids is 1. The number of rotatable bonds is 4. The van der Waals surface area contributed by atoms with Crippen LogP contribution < -0.4 is 5.84 Å². The molecule has 0 radical (unpaired) electrons. The van der Waals surface area contributed by atoms with Crippen molar-refractivity contribution in [3.8, 4) is 11.6 Å². The molecule has 2 N–H and O–H groups in total. The van der Waals surface area contributed by atoms with Crippen LogP contribution in [0.1, 0.15) is 20.3 Å². The lowest BCUT2D eigenvalue weighted by molar-refractivity contribution is -0.130. The van der Waals surface area contributed by atoms with Gasteiger partial charge in [0.15, 0.2) is 5.76 Å². The molecule has 0 bridgehead atoms. The van der Waals surface area contributed by atoms with E-state index in [0.717, 1.165) is 13.1 Å². The van der Waals surface area contributed by atoms with Crippen LogP contribution in [0.25, 0.3) is 11.6 Å². The van der Waals surface area contributed by atoms with Crippen molar-refractivity contribution >= 4 is 17.7 Å². The standard InChI is InChI=1S/C15H21N5O2S/c1-10-6-11(2)8-19(7-10)13(21)9-23-15-18-17-14(20(15)16)12-4-3-5-22-12/h3-5,10-11H,6-9,16H2,1-2H3/t10-,11-/m0/s1. The van der Waals surface area contributed by atoms with E-state index < -0.39 is 0 Å². The lowest BCUT2D eigenvalue weighted by Gasteiger charge is -2.34. The Morgan fingerprint density at radius 1 is 1.39 bits per heavy atom. The lowest BCUT2D eigenvalue weighted by atomic mass is 9.92. The quantitative estimate of drug-likeness (QED) is 0.677. The highest BCUT2D eigenvalue weighted by Gasteiger charge is 2.26. The second-order valence-electron chi connectivity index (χ2n) is 6.19. The minimum Gasteiger partial charge on any atom is -0.461 e. The number of hydrogen-bond donors (Lipinski definition) is 1. The molecular weight excluding hydrogens is 314 g/mol.